The van der Waals surface area contributed by atoms with Gasteiger partial charge >= 0.3 is 5.97 Å². The molecule has 0 radical (unpaired) electrons. The Balaban J connectivity index is 4.03. The maximum absolute atomic E-state index is 11.7. The van der Waals surface area contributed by atoms with Crippen molar-refractivity contribution in [3.05, 3.63) is 12.2 Å². The van der Waals surface area contributed by atoms with Crippen LogP contribution < -0.4 is 0 Å². The van der Waals surface area contributed by atoms with Crippen LogP contribution in [0.4, 0.5) is 0 Å². The van der Waals surface area contributed by atoms with Crippen molar-refractivity contribution in [2.45, 2.75) is 109 Å². The van der Waals surface area contributed by atoms with E-state index in [1.165, 1.54) is 38.5 Å². The number of allylic oxidation sites excluding steroid dienone is 2. The zero-order valence-corrected chi connectivity index (χ0v) is 19.4. The van der Waals surface area contributed by atoms with E-state index in [0.717, 1.165) is 25.7 Å². The highest BCUT2D eigenvalue weighted by Gasteiger charge is 2.14. The van der Waals surface area contributed by atoms with Crippen LogP contribution in [0.2, 0.25) is 0 Å². The number of carbonyl (C=O) groups is 1. The molecule has 0 aromatic heterocycles. The number of aliphatic hydroxyl groups excluding tert-OH is 4. The molecule has 0 aliphatic rings. The largest absolute Gasteiger partial charge is 0.463 e. The second-order valence-corrected chi connectivity index (χ2v) is 8.16. The zero-order valence-electron chi connectivity index (χ0n) is 19.4. The number of carbonyl (C=O) groups excluding carboxylic acids is 1. The second-order valence-electron chi connectivity index (χ2n) is 8.16. The molecule has 0 saturated heterocycles. The Labute approximate surface area is 188 Å². The molecule has 7 heteroatoms. The number of ether oxygens (including phenoxy) is 2. The van der Waals surface area contributed by atoms with Crippen LogP contribution in [-0.2, 0) is 14.3 Å². The molecule has 7 nitrogen and oxygen atoms in total. The maximum Gasteiger partial charge on any atom is 0.305 e. The van der Waals surface area contributed by atoms with Crippen molar-refractivity contribution in [1.29, 1.82) is 0 Å². The van der Waals surface area contributed by atoms with Crippen LogP contribution in [0.3, 0.4) is 0 Å². The Hall–Kier alpha value is -0.990. The van der Waals surface area contributed by atoms with Gasteiger partial charge in [-0.1, -0.05) is 51.2 Å². The minimum absolute atomic E-state index is 0.0716. The van der Waals surface area contributed by atoms with E-state index in [4.69, 9.17) is 19.7 Å². The van der Waals surface area contributed by atoms with Crippen molar-refractivity contribution in [3.63, 3.8) is 0 Å². The van der Waals surface area contributed by atoms with Crippen LogP contribution in [-0.4, -0.2) is 71.1 Å². The topological polar surface area (TPSA) is 116 Å². The number of rotatable bonds is 22. The highest BCUT2D eigenvalue weighted by atomic mass is 16.5. The molecular weight excluding hydrogens is 400 g/mol. The maximum atomic E-state index is 11.7. The highest BCUT2D eigenvalue weighted by Crippen LogP contribution is 2.14. The first-order valence-corrected chi connectivity index (χ1v) is 12.0. The predicted octanol–water partition coefficient (Wildman–Crippen LogP) is 3.27. The van der Waals surface area contributed by atoms with Crippen LogP contribution in [0.15, 0.2) is 12.2 Å². The molecule has 0 amide bonds. The standard InChI is InChI=1S/C24H46O7/c1-2-3-4-5-6-7-8-9-10-11-12-14-23(30-19-21(27)17-25)15-13-16-24(29)31-20-22(28)18-26/h9-10,21-23,25-28H,2-8,11-20H2,1H3/b10-9-. The molecule has 31 heavy (non-hydrogen) atoms. The molecule has 0 spiro atoms. The monoisotopic (exact) mass is 446 g/mol. The Bertz CT molecular complexity index is 428. The van der Waals surface area contributed by atoms with Crippen molar-refractivity contribution in [2.75, 3.05) is 26.4 Å². The fourth-order valence-corrected chi connectivity index (χ4v) is 3.14. The lowest BCUT2D eigenvalue weighted by Crippen LogP contribution is -2.25. The van der Waals surface area contributed by atoms with Crippen molar-refractivity contribution in [1.82, 2.24) is 0 Å². The molecule has 0 fully saturated rings. The third-order valence-electron chi connectivity index (χ3n) is 5.08. The fraction of sp³-hybridized carbons (Fsp3) is 0.875. The molecular formula is C24H46O7. The first-order chi connectivity index (χ1) is 15.0. The van der Waals surface area contributed by atoms with Gasteiger partial charge in [0.2, 0.25) is 0 Å². The lowest BCUT2D eigenvalue weighted by molar-refractivity contribution is -0.147. The third-order valence-corrected chi connectivity index (χ3v) is 5.08. The highest BCUT2D eigenvalue weighted by molar-refractivity contribution is 5.69. The van der Waals surface area contributed by atoms with Crippen LogP contribution in [0, 0.1) is 0 Å². The molecule has 4 N–H and O–H groups in total. The Kier molecular flexibility index (Phi) is 21.5. The van der Waals surface area contributed by atoms with Gasteiger partial charge in [0, 0.05) is 6.42 Å². The van der Waals surface area contributed by atoms with E-state index < -0.39 is 24.8 Å². The fourth-order valence-electron chi connectivity index (χ4n) is 3.14. The van der Waals surface area contributed by atoms with Gasteiger partial charge in [0.15, 0.2) is 0 Å². The summed E-state index contributed by atoms with van der Waals surface area (Å²) in [5, 5.41) is 36.4. The van der Waals surface area contributed by atoms with E-state index in [9.17, 15) is 15.0 Å². The average molecular weight is 447 g/mol. The number of hydrogen-bond donors (Lipinski definition) is 4. The van der Waals surface area contributed by atoms with E-state index in [0.29, 0.717) is 12.8 Å². The second kappa shape index (κ2) is 22.2. The normalized spacial score (nSPS) is 14.6. The summed E-state index contributed by atoms with van der Waals surface area (Å²) >= 11 is 0. The molecule has 3 atom stereocenters. The van der Waals surface area contributed by atoms with Gasteiger partial charge in [-0.15, -0.1) is 0 Å². The molecule has 0 heterocycles. The lowest BCUT2D eigenvalue weighted by Gasteiger charge is -2.19. The van der Waals surface area contributed by atoms with E-state index in [2.05, 4.69) is 19.1 Å². The first kappa shape index (κ1) is 30.0. The minimum atomic E-state index is -1.05. The summed E-state index contributed by atoms with van der Waals surface area (Å²) in [6.45, 7) is 1.32. The van der Waals surface area contributed by atoms with E-state index in [1.807, 2.05) is 0 Å². The summed E-state index contributed by atoms with van der Waals surface area (Å²) < 4.78 is 10.6. The number of aliphatic hydroxyl groups is 4. The van der Waals surface area contributed by atoms with Gasteiger partial charge in [0.25, 0.3) is 0 Å². The zero-order chi connectivity index (χ0) is 23.2. The molecule has 184 valence electrons. The first-order valence-electron chi connectivity index (χ1n) is 12.0. The minimum Gasteiger partial charge on any atom is -0.463 e. The molecule has 3 unspecified atom stereocenters. The van der Waals surface area contributed by atoms with Crippen LogP contribution in [0.25, 0.3) is 0 Å². The smallest absolute Gasteiger partial charge is 0.305 e. The van der Waals surface area contributed by atoms with E-state index in [1.54, 1.807) is 0 Å². The van der Waals surface area contributed by atoms with Crippen LogP contribution in [0.5, 0.6) is 0 Å². The summed E-state index contributed by atoms with van der Waals surface area (Å²) in [4.78, 5) is 11.7. The predicted molar refractivity (Wildman–Crippen MR) is 122 cm³/mol. The lowest BCUT2D eigenvalue weighted by atomic mass is 10.0. The summed E-state index contributed by atoms with van der Waals surface area (Å²) in [6.07, 6.45) is 15.6. The van der Waals surface area contributed by atoms with Gasteiger partial charge in [0.05, 0.1) is 25.9 Å². The van der Waals surface area contributed by atoms with Crippen molar-refractivity contribution >= 4 is 5.97 Å². The molecule has 0 aliphatic heterocycles. The Morgan fingerprint density at radius 3 is 2.06 bits per heavy atom. The van der Waals surface area contributed by atoms with Crippen molar-refractivity contribution < 1.29 is 34.7 Å². The van der Waals surface area contributed by atoms with Crippen LogP contribution in [0.1, 0.15) is 90.4 Å². The summed E-state index contributed by atoms with van der Waals surface area (Å²) in [7, 11) is 0. The molecule has 0 aliphatic carbocycles. The van der Waals surface area contributed by atoms with Crippen molar-refractivity contribution in [3.8, 4) is 0 Å². The van der Waals surface area contributed by atoms with Gasteiger partial charge in [0.1, 0.15) is 18.8 Å². The summed E-state index contributed by atoms with van der Waals surface area (Å²) in [5.41, 5.74) is 0. The van der Waals surface area contributed by atoms with Crippen molar-refractivity contribution in [2.24, 2.45) is 0 Å². The number of hydrogen-bond acceptors (Lipinski definition) is 7. The summed E-state index contributed by atoms with van der Waals surface area (Å²) in [6, 6.07) is 0. The molecule has 0 bridgehead atoms. The number of esters is 1. The Morgan fingerprint density at radius 2 is 1.39 bits per heavy atom. The van der Waals surface area contributed by atoms with Gasteiger partial charge in [-0.05, 0) is 44.9 Å². The van der Waals surface area contributed by atoms with E-state index >= 15 is 0 Å². The van der Waals surface area contributed by atoms with Crippen LogP contribution >= 0.6 is 0 Å². The third kappa shape index (κ3) is 20.7. The van der Waals surface area contributed by atoms with Gasteiger partial charge in [-0.3, -0.25) is 4.79 Å². The average Bonchev–Trinajstić information content (AvgIpc) is 2.78. The van der Waals surface area contributed by atoms with Gasteiger partial charge in [-0.2, -0.15) is 0 Å². The molecule has 0 rings (SSSR count). The molecule has 0 aromatic rings. The Morgan fingerprint density at radius 1 is 0.806 bits per heavy atom. The van der Waals surface area contributed by atoms with E-state index in [-0.39, 0.29) is 32.3 Å². The molecule has 0 saturated carbocycles. The number of unbranched alkanes of at least 4 members (excludes halogenated alkanes) is 7. The quantitative estimate of drug-likeness (QED) is 0.115. The summed E-state index contributed by atoms with van der Waals surface area (Å²) in [5.74, 6) is -0.417. The molecule has 0 aromatic carbocycles. The SMILES string of the molecule is CCCCCCCC/C=C\CCCC(CCCC(=O)OCC(O)CO)OCC(O)CO. The van der Waals surface area contributed by atoms with Gasteiger partial charge < -0.3 is 29.9 Å². The van der Waals surface area contributed by atoms with Gasteiger partial charge in [-0.25, -0.2) is 0 Å².